The van der Waals surface area contributed by atoms with Crippen LogP contribution >= 0.6 is 11.6 Å². The second kappa shape index (κ2) is 10.9. The lowest BCUT2D eigenvalue weighted by Gasteiger charge is -2.26. The van der Waals surface area contributed by atoms with E-state index in [1.54, 1.807) is 0 Å². The minimum atomic E-state index is -3.84. The number of amides is 1. The van der Waals surface area contributed by atoms with Crippen LogP contribution in [-0.2, 0) is 29.1 Å². The fraction of sp³-hybridized carbons (Fsp3) is 0.364. The lowest BCUT2D eigenvalue weighted by molar-refractivity contribution is -0.149. The number of benzene rings is 2. The number of anilines is 1. The van der Waals surface area contributed by atoms with Crippen LogP contribution < -0.4 is 5.32 Å². The van der Waals surface area contributed by atoms with Gasteiger partial charge in [0.1, 0.15) is 4.90 Å². The molecule has 2 aromatic carbocycles. The highest BCUT2D eigenvalue weighted by molar-refractivity contribution is 7.89. The summed E-state index contributed by atoms with van der Waals surface area (Å²) in [5.41, 5.74) is 1.05. The summed E-state index contributed by atoms with van der Waals surface area (Å²) in [5, 5.41) is 2.60. The Balaban J connectivity index is 1.64. The Hall–Kier alpha value is -2.46. The molecule has 3 rings (SSSR count). The van der Waals surface area contributed by atoms with Crippen molar-refractivity contribution in [2.75, 3.05) is 38.2 Å². The molecule has 1 fully saturated rings. The number of hydrogen-bond donors (Lipinski definition) is 1. The highest BCUT2D eigenvalue weighted by Gasteiger charge is 2.29. The highest BCUT2D eigenvalue weighted by Crippen LogP contribution is 2.28. The number of carbonyl (C=O) groups excluding carboxylic acids is 2. The zero-order valence-corrected chi connectivity index (χ0v) is 19.2. The van der Waals surface area contributed by atoms with Crippen LogP contribution in [0.15, 0.2) is 53.4 Å². The van der Waals surface area contributed by atoms with E-state index < -0.39 is 34.4 Å². The second-order valence-electron chi connectivity index (χ2n) is 7.19. The normalized spacial score (nSPS) is 15.7. The molecule has 10 heteroatoms. The molecule has 0 aliphatic carbocycles. The molecule has 1 atom stereocenters. The number of nitrogens with one attached hydrogen (secondary N) is 1. The lowest BCUT2D eigenvalue weighted by Crippen LogP contribution is -2.40. The summed E-state index contributed by atoms with van der Waals surface area (Å²) in [4.78, 5) is 24.6. The van der Waals surface area contributed by atoms with Gasteiger partial charge >= 0.3 is 5.97 Å². The van der Waals surface area contributed by atoms with Crippen LogP contribution in [0.5, 0.6) is 0 Å². The van der Waals surface area contributed by atoms with E-state index in [1.165, 1.54) is 22.5 Å². The number of morpholine rings is 1. The maximum atomic E-state index is 12.9. The van der Waals surface area contributed by atoms with Crippen molar-refractivity contribution in [3.8, 4) is 0 Å². The van der Waals surface area contributed by atoms with Gasteiger partial charge < -0.3 is 14.8 Å². The van der Waals surface area contributed by atoms with Crippen LogP contribution in [-0.4, -0.2) is 57.5 Å². The number of carbonyl (C=O) groups is 2. The summed E-state index contributed by atoms with van der Waals surface area (Å²) in [6.45, 7) is 2.44. The molecule has 0 spiro atoms. The van der Waals surface area contributed by atoms with E-state index in [-0.39, 0.29) is 28.7 Å². The number of ether oxygens (including phenoxy) is 2. The van der Waals surface area contributed by atoms with E-state index in [0.717, 1.165) is 5.56 Å². The first-order valence-corrected chi connectivity index (χ1v) is 12.0. The molecule has 0 bridgehead atoms. The number of sulfonamides is 1. The molecular formula is C22H25ClN2O6S. The number of esters is 1. The van der Waals surface area contributed by atoms with E-state index >= 15 is 0 Å². The first-order valence-electron chi connectivity index (χ1n) is 10.2. The maximum absolute atomic E-state index is 12.9. The standard InChI is InChI=1S/C22H25ClN2O6S/c1-2-18(16-6-4-3-5-7-16)22(27)31-15-21(26)24-17-8-9-19(23)20(14-17)32(28,29)25-10-12-30-13-11-25/h3-9,14,18H,2,10-13,15H2,1H3,(H,24,26). The molecule has 1 aliphatic heterocycles. The first-order chi connectivity index (χ1) is 15.3. The van der Waals surface area contributed by atoms with Gasteiger partial charge in [0.05, 0.1) is 24.2 Å². The average molecular weight is 481 g/mol. The van der Waals surface area contributed by atoms with Crippen LogP contribution in [0, 0.1) is 0 Å². The van der Waals surface area contributed by atoms with Gasteiger partial charge in [0.2, 0.25) is 10.0 Å². The molecule has 1 amide bonds. The Morgan fingerprint density at radius 2 is 1.84 bits per heavy atom. The van der Waals surface area contributed by atoms with Crippen molar-refractivity contribution in [1.29, 1.82) is 0 Å². The van der Waals surface area contributed by atoms with Crippen LogP contribution in [0.4, 0.5) is 5.69 Å². The molecule has 0 radical (unpaired) electrons. The van der Waals surface area contributed by atoms with Crippen molar-refractivity contribution in [3.05, 3.63) is 59.1 Å². The van der Waals surface area contributed by atoms with Crippen molar-refractivity contribution in [3.63, 3.8) is 0 Å². The van der Waals surface area contributed by atoms with E-state index in [4.69, 9.17) is 21.1 Å². The summed E-state index contributed by atoms with van der Waals surface area (Å²) >= 11 is 6.13. The predicted molar refractivity (Wildman–Crippen MR) is 120 cm³/mol. The predicted octanol–water partition coefficient (Wildman–Crippen LogP) is 3.04. The fourth-order valence-corrected chi connectivity index (χ4v) is 5.27. The Labute approximate surface area is 192 Å². The number of rotatable bonds is 8. The number of nitrogens with zero attached hydrogens (tertiary/aromatic N) is 1. The van der Waals surface area contributed by atoms with E-state index in [1.807, 2.05) is 37.3 Å². The molecule has 0 aromatic heterocycles. The van der Waals surface area contributed by atoms with Gasteiger partial charge in [-0.05, 0) is 30.2 Å². The third-order valence-electron chi connectivity index (χ3n) is 5.04. The highest BCUT2D eigenvalue weighted by atomic mass is 35.5. The van der Waals surface area contributed by atoms with E-state index in [2.05, 4.69) is 5.32 Å². The van der Waals surface area contributed by atoms with E-state index in [9.17, 15) is 18.0 Å². The van der Waals surface area contributed by atoms with Crippen molar-refractivity contribution in [1.82, 2.24) is 4.31 Å². The second-order valence-corrected chi connectivity index (χ2v) is 9.50. The summed E-state index contributed by atoms with van der Waals surface area (Å²) < 4.78 is 37.5. The van der Waals surface area contributed by atoms with Gasteiger partial charge in [0, 0.05) is 18.8 Å². The van der Waals surface area contributed by atoms with Crippen LogP contribution in [0.25, 0.3) is 0 Å². The Kier molecular flexibility index (Phi) is 8.25. The molecule has 1 unspecified atom stereocenters. The molecule has 1 aliphatic rings. The van der Waals surface area contributed by atoms with Crippen molar-refractivity contribution < 1.29 is 27.5 Å². The van der Waals surface area contributed by atoms with E-state index in [0.29, 0.717) is 19.6 Å². The first kappa shape index (κ1) is 24.2. The average Bonchev–Trinajstić information content (AvgIpc) is 2.80. The smallest absolute Gasteiger partial charge is 0.313 e. The fourth-order valence-electron chi connectivity index (χ4n) is 3.36. The zero-order chi connectivity index (χ0) is 23.1. The van der Waals surface area contributed by atoms with Gasteiger partial charge in [-0.1, -0.05) is 48.9 Å². The Morgan fingerprint density at radius 3 is 2.50 bits per heavy atom. The van der Waals surface area contributed by atoms with Crippen LogP contribution in [0.1, 0.15) is 24.8 Å². The molecule has 32 heavy (non-hydrogen) atoms. The van der Waals surface area contributed by atoms with Crippen molar-refractivity contribution in [2.24, 2.45) is 0 Å². The SMILES string of the molecule is CCC(C(=O)OCC(=O)Nc1ccc(Cl)c(S(=O)(=O)N2CCOCC2)c1)c1ccccc1. The molecule has 1 heterocycles. The summed E-state index contributed by atoms with van der Waals surface area (Å²) in [6.07, 6.45) is 0.532. The van der Waals surface area contributed by atoms with Gasteiger partial charge in [0.15, 0.2) is 6.61 Å². The number of halogens is 1. The zero-order valence-electron chi connectivity index (χ0n) is 17.6. The van der Waals surface area contributed by atoms with Crippen molar-refractivity contribution >= 4 is 39.2 Å². The summed E-state index contributed by atoms with van der Waals surface area (Å²) in [5.74, 6) is -1.55. The topological polar surface area (TPSA) is 102 Å². The Morgan fingerprint density at radius 1 is 1.16 bits per heavy atom. The molecular weight excluding hydrogens is 456 g/mol. The third kappa shape index (κ3) is 5.86. The molecule has 1 saturated heterocycles. The molecule has 172 valence electrons. The lowest BCUT2D eigenvalue weighted by atomic mass is 9.97. The Bertz CT molecular complexity index is 1060. The van der Waals surface area contributed by atoms with Gasteiger partial charge in [-0.2, -0.15) is 4.31 Å². The van der Waals surface area contributed by atoms with Gasteiger partial charge in [-0.25, -0.2) is 8.42 Å². The monoisotopic (exact) mass is 480 g/mol. The molecule has 8 nitrogen and oxygen atoms in total. The maximum Gasteiger partial charge on any atom is 0.313 e. The summed E-state index contributed by atoms with van der Waals surface area (Å²) in [7, 11) is -3.84. The quantitative estimate of drug-likeness (QED) is 0.583. The van der Waals surface area contributed by atoms with Gasteiger partial charge in [-0.3, -0.25) is 9.59 Å². The molecule has 2 aromatic rings. The van der Waals surface area contributed by atoms with Crippen molar-refractivity contribution in [2.45, 2.75) is 24.2 Å². The minimum Gasteiger partial charge on any atom is -0.455 e. The molecule has 0 saturated carbocycles. The third-order valence-corrected chi connectivity index (χ3v) is 7.42. The largest absolute Gasteiger partial charge is 0.455 e. The van der Waals surface area contributed by atoms with Crippen LogP contribution in [0.2, 0.25) is 5.02 Å². The molecule has 1 N–H and O–H groups in total. The minimum absolute atomic E-state index is 0.0505. The summed E-state index contributed by atoms with van der Waals surface area (Å²) in [6, 6.07) is 13.4. The van der Waals surface area contributed by atoms with Gasteiger partial charge in [0.25, 0.3) is 5.91 Å². The van der Waals surface area contributed by atoms with Gasteiger partial charge in [-0.15, -0.1) is 0 Å². The van der Waals surface area contributed by atoms with Crippen LogP contribution in [0.3, 0.4) is 0 Å². The number of hydrogen-bond acceptors (Lipinski definition) is 6.